The van der Waals surface area contributed by atoms with E-state index in [0.717, 1.165) is 31.4 Å². The van der Waals surface area contributed by atoms with E-state index in [9.17, 15) is 17.7 Å². The number of unbranched alkanes of at least 4 members (excludes halogenated alkanes) is 1. The average Bonchev–Trinajstić information content (AvgIpc) is 3.60. The van der Waals surface area contributed by atoms with Crippen LogP contribution in [0.5, 0.6) is 11.5 Å². The first-order chi connectivity index (χ1) is 19.1. The van der Waals surface area contributed by atoms with Gasteiger partial charge in [-0.3, -0.25) is 0 Å². The second-order valence-electron chi connectivity index (χ2n) is 9.69. The highest BCUT2D eigenvalue weighted by Gasteiger charge is 2.30. The van der Waals surface area contributed by atoms with Crippen LogP contribution in [0.3, 0.4) is 0 Å². The number of nitrogens with zero attached hydrogens (tertiary/aromatic N) is 4. The molecular weight excluding hydrogens is 544 g/mol. The zero-order valence-corrected chi connectivity index (χ0v) is 23.3. The van der Waals surface area contributed by atoms with Crippen LogP contribution < -0.4 is 9.47 Å². The lowest BCUT2D eigenvalue weighted by Crippen LogP contribution is -2.19. The van der Waals surface area contributed by atoms with E-state index in [2.05, 4.69) is 20.0 Å². The summed E-state index contributed by atoms with van der Waals surface area (Å²) >= 11 is 0. The van der Waals surface area contributed by atoms with Gasteiger partial charge < -0.3 is 18.5 Å². The number of aromatic nitrogens is 4. The molecule has 0 spiro atoms. The van der Waals surface area contributed by atoms with Crippen LogP contribution in [0.25, 0.3) is 12.2 Å². The van der Waals surface area contributed by atoms with Crippen molar-refractivity contribution in [2.75, 3.05) is 0 Å². The van der Waals surface area contributed by atoms with E-state index < -0.39 is 20.1 Å². The van der Waals surface area contributed by atoms with Gasteiger partial charge in [-0.05, 0) is 81.0 Å². The van der Waals surface area contributed by atoms with E-state index in [1.165, 1.54) is 36.1 Å². The summed E-state index contributed by atoms with van der Waals surface area (Å²) in [5.74, 6) is 0.778. The van der Waals surface area contributed by atoms with Gasteiger partial charge >= 0.3 is 6.36 Å². The molecular formula is C28H30F3N4O4P. The van der Waals surface area contributed by atoms with Crippen LogP contribution in [0.4, 0.5) is 13.2 Å². The average molecular weight is 575 g/mol. The number of rotatable bonds is 13. The second kappa shape index (κ2) is 13.0. The zero-order valence-electron chi connectivity index (χ0n) is 22.1. The van der Waals surface area contributed by atoms with Gasteiger partial charge in [0, 0.05) is 12.3 Å². The van der Waals surface area contributed by atoms with Crippen molar-refractivity contribution in [2.24, 2.45) is 0 Å². The largest absolute Gasteiger partial charge is 0.573 e. The lowest BCUT2D eigenvalue weighted by Gasteiger charge is -2.16. The SMILES string of the molecule is CC(C)([PH2]=O)n1cc(CCCCc2ccc(OCc3coc(C=Cc4ccc(OC(F)(F)F)cc4)n3)cc2)nn1. The summed E-state index contributed by atoms with van der Waals surface area (Å²) in [5.41, 5.74) is 3.39. The molecule has 0 aliphatic carbocycles. The molecule has 0 saturated carbocycles. The van der Waals surface area contributed by atoms with Gasteiger partial charge in [0.25, 0.3) is 0 Å². The molecule has 0 aliphatic heterocycles. The molecule has 2 aromatic heterocycles. The quantitative estimate of drug-likeness (QED) is 0.126. The first-order valence-electron chi connectivity index (χ1n) is 12.7. The summed E-state index contributed by atoms with van der Waals surface area (Å²) in [7, 11) is -0.987. The molecule has 4 rings (SSSR count). The van der Waals surface area contributed by atoms with Crippen molar-refractivity contribution < 1.29 is 31.6 Å². The van der Waals surface area contributed by atoms with Crippen LogP contribution in [0.2, 0.25) is 0 Å². The second-order valence-corrected chi connectivity index (χ2v) is 11.3. The van der Waals surface area contributed by atoms with Crippen molar-refractivity contribution >= 4 is 20.6 Å². The highest BCUT2D eigenvalue weighted by Crippen LogP contribution is 2.27. The van der Waals surface area contributed by atoms with Crippen molar-refractivity contribution in [1.82, 2.24) is 20.0 Å². The smallest absolute Gasteiger partial charge is 0.487 e. The van der Waals surface area contributed by atoms with Crippen LogP contribution >= 0.6 is 8.46 Å². The van der Waals surface area contributed by atoms with E-state index in [-0.39, 0.29) is 12.4 Å². The fourth-order valence-electron chi connectivity index (χ4n) is 3.71. The van der Waals surface area contributed by atoms with Gasteiger partial charge in [-0.15, -0.1) is 18.3 Å². The van der Waals surface area contributed by atoms with Gasteiger partial charge in [0.2, 0.25) is 5.89 Å². The summed E-state index contributed by atoms with van der Waals surface area (Å²) in [5, 5.41) is 7.81. The molecule has 0 saturated heterocycles. The third kappa shape index (κ3) is 8.84. The Hall–Kier alpha value is -3.85. The molecule has 0 aliphatic rings. The third-order valence-electron chi connectivity index (χ3n) is 5.98. The van der Waals surface area contributed by atoms with Gasteiger partial charge in [-0.1, -0.05) is 29.5 Å². The van der Waals surface area contributed by atoms with Crippen LogP contribution in [0.1, 0.15) is 55.1 Å². The maximum atomic E-state index is 12.3. The topological polar surface area (TPSA) is 92.3 Å². The molecule has 0 bridgehead atoms. The summed E-state index contributed by atoms with van der Waals surface area (Å²) in [6, 6.07) is 13.4. The Morgan fingerprint density at radius 1 is 0.950 bits per heavy atom. The van der Waals surface area contributed by atoms with Crippen LogP contribution in [-0.2, 0) is 29.3 Å². The highest BCUT2D eigenvalue weighted by atomic mass is 31.1. The number of hydrogen-bond acceptors (Lipinski definition) is 7. The van der Waals surface area contributed by atoms with Gasteiger partial charge in [0.1, 0.15) is 35.3 Å². The van der Waals surface area contributed by atoms with E-state index in [1.807, 2.05) is 44.3 Å². The number of ether oxygens (including phenoxy) is 2. The fraction of sp³-hybridized carbons (Fsp3) is 0.321. The molecule has 1 unspecified atom stereocenters. The highest BCUT2D eigenvalue weighted by molar-refractivity contribution is 7.24. The Morgan fingerprint density at radius 2 is 1.65 bits per heavy atom. The Labute approximate surface area is 231 Å². The molecule has 4 aromatic rings. The number of benzene rings is 2. The van der Waals surface area contributed by atoms with Gasteiger partial charge in [-0.25, -0.2) is 9.67 Å². The Bertz CT molecular complexity index is 1410. The maximum absolute atomic E-state index is 12.3. The summed E-state index contributed by atoms with van der Waals surface area (Å²) in [6.07, 6.45) is 5.68. The molecule has 0 radical (unpaired) electrons. The first-order valence-corrected chi connectivity index (χ1v) is 13.7. The summed E-state index contributed by atoms with van der Waals surface area (Å²) < 4.78 is 64.9. The van der Waals surface area contributed by atoms with E-state index in [4.69, 9.17) is 9.15 Å². The minimum Gasteiger partial charge on any atom is -0.487 e. The lowest BCUT2D eigenvalue weighted by molar-refractivity contribution is -0.274. The maximum Gasteiger partial charge on any atom is 0.573 e. The molecule has 40 heavy (non-hydrogen) atoms. The molecule has 2 aromatic carbocycles. The van der Waals surface area contributed by atoms with E-state index >= 15 is 0 Å². The molecule has 8 nitrogen and oxygen atoms in total. The zero-order chi connectivity index (χ0) is 28.6. The van der Waals surface area contributed by atoms with Crippen molar-refractivity contribution in [3.8, 4) is 11.5 Å². The molecule has 0 fully saturated rings. The predicted octanol–water partition coefficient (Wildman–Crippen LogP) is 6.93. The molecule has 0 amide bonds. The van der Waals surface area contributed by atoms with Crippen LogP contribution in [0, 0.1) is 0 Å². The number of alkyl halides is 3. The summed E-state index contributed by atoms with van der Waals surface area (Å²) in [6.45, 7) is 4.00. The van der Waals surface area contributed by atoms with Crippen molar-refractivity contribution in [1.29, 1.82) is 0 Å². The van der Waals surface area contributed by atoms with Gasteiger partial charge in [0.05, 0.1) is 14.2 Å². The van der Waals surface area contributed by atoms with E-state index in [0.29, 0.717) is 22.9 Å². The monoisotopic (exact) mass is 574 g/mol. The molecule has 2 heterocycles. The van der Waals surface area contributed by atoms with Crippen molar-refractivity contribution in [2.45, 2.75) is 57.8 Å². The number of hydrogen-bond donors (Lipinski definition) is 0. The Balaban J connectivity index is 1.18. The minimum atomic E-state index is -4.72. The van der Waals surface area contributed by atoms with Crippen molar-refractivity contribution in [3.63, 3.8) is 0 Å². The van der Waals surface area contributed by atoms with Crippen LogP contribution in [-0.4, -0.2) is 26.3 Å². The lowest BCUT2D eigenvalue weighted by atomic mass is 10.1. The minimum absolute atomic E-state index is 0.228. The molecule has 12 heteroatoms. The molecule has 212 valence electrons. The Kier molecular flexibility index (Phi) is 9.47. The fourth-order valence-corrected chi connectivity index (χ4v) is 3.94. The Morgan fingerprint density at radius 3 is 2.35 bits per heavy atom. The molecule has 0 N–H and O–H groups in total. The number of aryl methyl sites for hydroxylation is 2. The van der Waals surface area contributed by atoms with Gasteiger partial charge in [-0.2, -0.15) is 0 Å². The standard InChI is InChI=1S/C28H30F3N4O4P/c1-27(2,40-36)35-17-22(33-34-35)6-4-3-5-20-7-12-24(13-8-20)37-18-23-19-38-26(32-23)16-11-21-9-14-25(15-10-21)39-28(29,30)31/h7-17,19H,3-6,18,40H2,1-2H3. The van der Waals surface area contributed by atoms with Crippen molar-refractivity contribution in [3.05, 3.63) is 89.4 Å². The normalized spacial score (nSPS) is 12.5. The molecule has 1 atom stereocenters. The number of oxazole rings is 1. The predicted molar refractivity (Wildman–Crippen MR) is 146 cm³/mol. The first kappa shape index (κ1) is 29.1. The van der Waals surface area contributed by atoms with E-state index in [1.54, 1.807) is 16.8 Å². The number of halogens is 3. The van der Waals surface area contributed by atoms with Crippen LogP contribution in [0.15, 0.2) is 65.4 Å². The van der Waals surface area contributed by atoms with Gasteiger partial charge in [0.15, 0.2) is 0 Å². The third-order valence-corrected chi connectivity index (χ3v) is 6.82. The summed E-state index contributed by atoms with van der Waals surface area (Å²) in [4.78, 5) is 4.34.